The first-order valence-corrected chi connectivity index (χ1v) is 16.1. The number of alkyl halides is 5. The van der Waals surface area contributed by atoms with Crippen molar-refractivity contribution in [3.8, 4) is 11.8 Å². The summed E-state index contributed by atoms with van der Waals surface area (Å²) in [4.78, 5) is 15.2. The Hall–Kier alpha value is -4.22. The van der Waals surface area contributed by atoms with E-state index in [4.69, 9.17) is 4.74 Å². The average Bonchev–Trinajstić information content (AvgIpc) is 3.42. The number of nitrogens with one attached hydrogen (secondary N) is 1. The van der Waals surface area contributed by atoms with Gasteiger partial charge in [-0.3, -0.25) is 4.79 Å². The second-order valence-electron chi connectivity index (χ2n) is 10.6. The maximum atomic E-state index is 13.1. The number of carbonyl (C=O) groups is 1. The van der Waals surface area contributed by atoms with Gasteiger partial charge in [0.1, 0.15) is 11.9 Å². The molecular formula is C32H32F5N3O5S. The molecule has 0 spiro atoms. The van der Waals surface area contributed by atoms with Crippen LogP contribution in [0.5, 0.6) is 5.75 Å². The summed E-state index contributed by atoms with van der Waals surface area (Å²) in [6.45, 7) is -1.31. The van der Waals surface area contributed by atoms with Gasteiger partial charge in [-0.05, 0) is 72.6 Å². The van der Waals surface area contributed by atoms with E-state index < -0.39 is 46.2 Å². The summed E-state index contributed by atoms with van der Waals surface area (Å²) in [5.74, 6) is -0.290. The number of anilines is 1. The molecule has 1 N–H and O–H groups in total. The Kier molecular flexibility index (Phi) is 11.2. The lowest BCUT2D eigenvalue weighted by molar-refractivity contribution is -0.137. The monoisotopic (exact) mass is 665 g/mol. The van der Waals surface area contributed by atoms with Crippen molar-refractivity contribution >= 4 is 21.4 Å². The van der Waals surface area contributed by atoms with Gasteiger partial charge in [-0.15, -0.1) is 0 Å². The third kappa shape index (κ3) is 8.95. The highest BCUT2D eigenvalue weighted by Crippen LogP contribution is 2.33. The first-order chi connectivity index (χ1) is 21.8. The van der Waals surface area contributed by atoms with Gasteiger partial charge in [-0.25, -0.2) is 8.42 Å². The van der Waals surface area contributed by atoms with Gasteiger partial charge in [0.15, 0.2) is 9.84 Å². The Bertz CT molecular complexity index is 1610. The lowest BCUT2D eigenvalue weighted by Gasteiger charge is -2.26. The molecule has 0 bridgehead atoms. The summed E-state index contributed by atoms with van der Waals surface area (Å²) in [7, 11) is -3.41. The minimum Gasteiger partial charge on any atom is -0.489 e. The van der Waals surface area contributed by atoms with E-state index in [2.05, 4.69) is 10.1 Å². The second kappa shape index (κ2) is 14.9. The highest BCUT2D eigenvalue weighted by Gasteiger charge is 2.34. The number of ether oxygens (including phenoxy) is 2. The maximum Gasteiger partial charge on any atom is 0.416 e. The minimum atomic E-state index is -4.48. The van der Waals surface area contributed by atoms with Gasteiger partial charge in [-0.1, -0.05) is 19.1 Å². The lowest BCUT2D eigenvalue weighted by atomic mass is 10.0. The van der Waals surface area contributed by atoms with E-state index in [0.29, 0.717) is 24.2 Å². The van der Waals surface area contributed by atoms with Crippen LogP contribution >= 0.6 is 0 Å². The van der Waals surface area contributed by atoms with Crippen LogP contribution in [0.2, 0.25) is 0 Å². The molecule has 246 valence electrons. The fourth-order valence-corrected chi connectivity index (χ4v) is 6.10. The van der Waals surface area contributed by atoms with E-state index in [0.717, 1.165) is 12.1 Å². The molecule has 0 radical (unpaired) electrons. The van der Waals surface area contributed by atoms with Crippen LogP contribution in [0.3, 0.4) is 0 Å². The fourth-order valence-electron chi connectivity index (χ4n) is 5.22. The van der Waals surface area contributed by atoms with Gasteiger partial charge in [0.05, 0.1) is 47.9 Å². The molecule has 8 nitrogen and oxygen atoms in total. The predicted octanol–water partition coefficient (Wildman–Crippen LogP) is 6.54. The van der Waals surface area contributed by atoms with Crippen molar-refractivity contribution < 1.29 is 44.6 Å². The van der Waals surface area contributed by atoms with Crippen molar-refractivity contribution in [2.24, 2.45) is 0 Å². The molecule has 1 amide bonds. The summed E-state index contributed by atoms with van der Waals surface area (Å²) in [6, 6.07) is 17.8. The van der Waals surface area contributed by atoms with Gasteiger partial charge in [0.25, 0.3) is 5.91 Å². The zero-order chi connectivity index (χ0) is 33.5. The highest BCUT2D eigenvalue weighted by atomic mass is 32.2. The molecule has 46 heavy (non-hydrogen) atoms. The number of nitrogens with zero attached hydrogens (tertiary/aromatic N) is 2. The maximum absolute atomic E-state index is 13.1. The standard InChI is InChI=1S/C32H32F5N3O5S/c1-2-46(42,43)28-13-5-21(6-14-28)29(15-17-38)39-30(41)22-3-9-24(10-4-22)40-20-27(19-25(40)16-18-44-31(33)34)45-26-11-7-23(8-12-26)32(35,36)37/h3-14,25,27,29,31H,2,15-16,18-20H2,1H3,(H,39,41)/t25-,27+,29+/m1/s1. The molecular weight excluding hydrogens is 633 g/mol. The van der Waals surface area contributed by atoms with Crippen LogP contribution in [-0.4, -0.2) is 52.0 Å². The quantitative estimate of drug-likeness (QED) is 0.207. The molecule has 0 unspecified atom stereocenters. The molecule has 3 aromatic carbocycles. The van der Waals surface area contributed by atoms with E-state index >= 15 is 0 Å². The van der Waals surface area contributed by atoms with Gasteiger partial charge in [-0.2, -0.15) is 27.2 Å². The first-order valence-electron chi connectivity index (χ1n) is 14.4. The number of hydrogen-bond acceptors (Lipinski definition) is 7. The Morgan fingerprint density at radius 3 is 2.26 bits per heavy atom. The van der Waals surface area contributed by atoms with Crippen LogP contribution in [0.4, 0.5) is 27.6 Å². The molecule has 1 fully saturated rings. The molecule has 0 saturated carbocycles. The fraction of sp³-hybridized carbons (Fsp3) is 0.375. The summed E-state index contributed by atoms with van der Waals surface area (Å²) >= 11 is 0. The zero-order valence-electron chi connectivity index (χ0n) is 24.7. The number of carbonyl (C=O) groups excluding carboxylic acids is 1. The number of nitriles is 1. The third-order valence-electron chi connectivity index (χ3n) is 7.64. The van der Waals surface area contributed by atoms with Crippen molar-refractivity contribution in [2.75, 3.05) is 23.8 Å². The summed E-state index contributed by atoms with van der Waals surface area (Å²) in [5.41, 5.74) is 0.703. The number of benzene rings is 3. The highest BCUT2D eigenvalue weighted by molar-refractivity contribution is 7.91. The Morgan fingerprint density at radius 1 is 1.04 bits per heavy atom. The molecule has 3 atom stereocenters. The third-order valence-corrected chi connectivity index (χ3v) is 9.39. The van der Waals surface area contributed by atoms with Crippen molar-refractivity contribution in [1.82, 2.24) is 5.32 Å². The normalized spacial score (nSPS) is 17.5. The van der Waals surface area contributed by atoms with Crippen molar-refractivity contribution in [2.45, 2.75) is 62.1 Å². The van der Waals surface area contributed by atoms with Gasteiger partial charge in [0.2, 0.25) is 0 Å². The predicted molar refractivity (Wildman–Crippen MR) is 159 cm³/mol. The zero-order valence-corrected chi connectivity index (χ0v) is 25.5. The van der Waals surface area contributed by atoms with Crippen LogP contribution in [0, 0.1) is 11.3 Å². The second-order valence-corrected chi connectivity index (χ2v) is 12.9. The van der Waals surface area contributed by atoms with Crippen molar-refractivity contribution in [3.63, 3.8) is 0 Å². The van der Waals surface area contributed by atoms with Crippen LogP contribution in [-0.2, 0) is 20.8 Å². The van der Waals surface area contributed by atoms with Gasteiger partial charge >= 0.3 is 12.8 Å². The Labute approximate surface area is 263 Å². The summed E-state index contributed by atoms with van der Waals surface area (Å²) < 4.78 is 98.7. The van der Waals surface area contributed by atoms with E-state index in [1.165, 1.54) is 31.2 Å². The molecule has 1 aliphatic rings. The van der Waals surface area contributed by atoms with Crippen molar-refractivity contribution in [3.05, 3.63) is 89.5 Å². The number of hydrogen-bond donors (Lipinski definition) is 1. The van der Waals surface area contributed by atoms with E-state index in [1.807, 2.05) is 11.0 Å². The van der Waals surface area contributed by atoms with E-state index in [9.17, 15) is 40.4 Å². The van der Waals surface area contributed by atoms with E-state index in [-0.39, 0.29) is 47.5 Å². The van der Waals surface area contributed by atoms with E-state index in [1.54, 1.807) is 36.4 Å². The van der Waals surface area contributed by atoms with Crippen LogP contribution in [0.25, 0.3) is 0 Å². The van der Waals surface area contributed by atoms with Crippen molar-refractivity contribution in [1.29, 1.82) is 5.26 Å². The molecule has 1 aliphatic heterocycles. The SMILES string of the molecule is CCS(=O)(=O)c1ccc([C@H](CC#N)NC(=O)c2ccc(N3C[C@@H](Oc4ccc(C(F)(F)F)cc4)C[C@H]3CCOC(F)F)cc2)cc1. The van der Waals surface area contributed by atoms with Crippen LogP contribution in [0.15, 0.2) is 77.7 Å². The van der Waals surface area contributed by atoms with Crippen LogP contribution in [0.1, 0.15) is 53.7 Å². The Balaban J connectivity index is 1.46. The molecule has 0 aliphatic carbocycles. The number of rotatable bonds is 13. The first kappa shape index (κ1) is 34.6. The summed E-state index contributed by atoms with van der Waals surface area (Å²) in [5, 5.41) is 12.1. The number of amides is 1. The average molecular weight is 666 g/mol. The smallest absolute Gasteiger partial charge is 0.416 e. The number of halogens is 5. The topological polar surface area (TPSA) is 109 Å². The number of sulfone groups is 1. The summed E-state index contributed by atoms with van der Waals surface area (Å²) in [6.07, 6.45) is -4.37. The molecule has 4 rings (SSSR count). The molecule has 1 heterocycles. The largest absolute Gasteiger partial charge is 0.489 e. The van der Waals surface area contributed by atoms with Crippen LogP contribution < -0.4 is 15.0 Å². The molecule has 0 aromatic heterocycles. The van der Waals surface area contributed by atoms with Gasteiger partial charge in [0, 0.05) is 23.7 Å². The van der Waals surface area contributed by atoms with Gasteiger partial charge < -0.3 is 19.7 Å². The molecule has 14 heteroatoms. The molecule has 1 saturated heterocycles. The minimum absolute atomic E-state index is 0.0554. The Morgan fingerprint density at radius 2 is 1.70 bits per heavy atom. The molecule has 3 aromatic rings. The lowest BCUT2D eigenvalue weighted by Crippen LogP contribution is -2.31.